The van der Waals surface area contributed by atoms with Crippen LogP contribution >= 0.6 is 0 Å². The normalized spacial score (nSPS) is 10.7. The number of nitrogens with zero attached hydrogens (tertiary/aromatic N) is 1. The molecule has 3 nitrogen and oxygen atoms in total. The van der Waals surface area contributed by atoms with Gasteiger partial charge in [0.15, 0.2) is 5.82 Å². The van der Waals surface area contributed by atoms with Gasteiger partial charge in [0.1, 0.15) is 11.6 Å². The van der Waals surface area contributed by atoms with Gasteiger partial charge in [-0.05, 0) is 42.0 Å². The van der Waals surface area contributed by atoms with Gasteiger partial charge in [-0.25, -0.2) is 8.78 Å². The highest BCUT2D eigenvalue weighted by atomic mass is 19.1. The maximum Gasteiger partial charge on any atom is 0.153 e. The predicted octanol–water partition coefficient (Wildman–Crippen LogP) is 3.60. The van der Waals surface area contributed by atoms with Crippen LogP contribution in [0, 0.1) is 11.6 Å². The summed E-state index contributed by atoms with van der Waals surface area (Å²) in [7, 11) is 0. The second kappa shape index (κ2) is 4.77. The van der Waals surface area contributed by atoms with E-state index in [1.807, 2.05) is 0 Å². The zero-order chi connectivity index (χ0) is 14.1. The van der Waals surface area contributed by atoms with E-state index in [0.29, 0.717) is 17.1 Å². The molecule has 0 saturated carbocycles. The second-order valence-electron chi connectivity index (χ2n) is 4.37. The van der Waals surface area contributed by atoms with Gasteiger partial charge in [0.2, 0.25) is 0 Å². The molecule has 0 bridgehead atoms. The minimum Gasteiger partial charge on any atom is -0.382 e. The van der Waals surface area contributed by atoms with Crippen LogP contribution in [0.25, 0.3) is 22.4 Å². The van der Waals surface area contributed by atoms with Crippen molar-refractivity contribution < 1.29 is 8.78 Å². The Morgan fingerprint density at radius 2 is 1.30 bits per heavy atom. The van der Waals surface area contributed by atoms with Crippen molar-refractivity contribution in [2.45, 2.75) is 0 Å². The van der Waals surface area contributed by atoms with Gasteiger partial charge in [-0.15, -0.1) is 0 Å². The highest BCUT2D eigenvalue weighted by Crippen LogP contribution is 2.34. The molecule has 1 aromatic heterocycles. The fourth-order valence-electron chi connectivity index (χ4n) is 2.09. The Morgan fingerprint density at radius 3 is 1.85 bits per heavy atom. The number of aromatic amines is 1. The molecule has 1 heterocycles. The molecule has 2 aromatic carbocycles. The molecule has 0 amide bonds. The molecule has 0 aliphatic carbocycles. The van der Waals surface area contributed by atoms with Gasteiger partial charge in [0.05, 0.1) is 11.3 Å². The number of nitrogens with one attached hydrogen (secondary N) is 1. The number of H-pyrrole nitrogens is 1. The van der Waals surface area contributed by atoms with Gasteiger partial charge < -0.3 is 5.73 Å². The van der Waals surface area contributed by atoms with Crippen LogP contribution in [0.5, 0.6) is 0 Å². The van der Waals surface area contributed by atoms with Crippen LogP contribution in [0.1, 0.15) is 0 Å². The Balaban J connectivity index is 2.14. The topological polar surface area (TPSA) is 54.7 Å². The van der Waals surface area contributed by atoms with Crippen LogP contribution in [0.4, 0.5) is 14.6 Å². The summed E-state index contributed by atoms with van der Waals surface area (Å²) in [6, 6.07) is 12.0. The minimum atomic E-state index is -0.320. The molecule has 0 aliphatic rings. The average Bonchev–Trinajstić information content (AvgIpc) is 2.83. The number of anilines is 1. The molecule has 100 valence electrons. The first kappa shape index (κ1) is 12.3. The summed E-state index contributed by atoms with van der Waals surface area (Å²) in [5, 5.41) is 6.81. The molecular weight excluding hydrogens is 260 g/mol. The lowest BCUT2D eigenvalue weighted by Crippen LogP contribution is -1.89. The molecule has 0 aliphatic heterocycles. The lowest BCUT2D eigenvalue weighted by atomic mass is 10.0. The van der Waals surface area contributed by atoms with Crippen LogP contribution in [0.3, 0.4) is 0 Å². The van der Waals surface area contributed by atoms with Crippen LogP contribution in [0.15, 0.2) is 48.5 Å². The van der Waals surface area contributed by atoms with E-state index < -0.39 is 0 Å². The summed E-state index contributed by atoms with van der Waals surface area (Å²) >= 11 is 0. The van der Waals surface area contributed by atoms with Gasteiger partial charge in [0, 0.05) is 5.56 Å². The maximum atomic E-state index is 13.0. The molecule has 3 aromatic rings. The van der Waals surface area contributed by atoms with Crippen molar-refractivity contribution in [3.05, 3.63) is 60.2 Å². The summed E-state index contributed by atoms with van der Waals surface area (Å²) in [6.45, 7) is 0. The molecular formula is C15H11F2N3. The molecule has 0 spiro atoms. The van der Waals surface area contributed by atoms with Gasteiger partial charge in [-0.1, -0.05) is 12.1 Å². The number of hydrogen-bond donors (Lipinski definition) is 2. The summed E-state index contributed by atoms with van der Waals surface area (Å²) < 4.78 is 26.0. The van der Waals surface area contributed by atoms with Crippen molar-refractivity contribution in [2.75, 3.05) is 5.73 Å². The van der Waals surface area contributed by atoms with E-state index in [2.05, 4.69) is 10.2 Å². The Morgan fingerprint density at radius 1 is 0.800 bits per heavy atom. The van der Waals surface area contributed by atoms with Crippen molar-refractivity contribution in [1.82, 2.24) is 10.2 Å². The van der Waals surface area contributed by atoms with Gasteiger partial charge >= 0.3 is 0 Å². The molecule has 3 N–H and O–H groups in total. The number of nitrogen functional groups attached to an aromatic ring is 1. The maximum absolute atomic E-state index is 13.0. The largest absolute Gasteiger partial charge is 0.382 e. The smallest absolute Gasteiger partial charge is 0.153 e. The molecule has 5 heteroatoms. The fraction of sp³-hybridized carbons (Fsp3) is 0. The first-order valence-electron chi connectivity index (χ1n) is 6.01. The van der Waals surface area contributed by atoms with Crippen molar-refractivity contribution in [2.24, 2.45) is 0 Å². The van der Waals surface area contributed by atoms with Crippen LogP contribution in [0.2, 0.25) is 0 Å². The van der Waals surface area contributed by atoms with E-state index in [9.17, 15) is 8.78 Å². The molecule has 0 radical (unpaired) electrons. The van der Waals surface area contributed by atoms with E-state index in [-0.39, 0.29) is 11.6 Å². The average molecular weight is 271 g/mol. The molecule has 3 rings (SSSR count). The quantitative estimate of drug-likeness (QED) is 0.748. The number of nitrogens with two attached hydrogens (primary N) is 1. The van der Waals surface area contributed by atoms with Gasteiger partial charge in [-0.2, -0.15) is 5.10 Å². The number of halogens is 2. The third kappa shape index (κ3) is 2.14. The standard InChI is InChI=1S/C15H11F2N3/c16-11-5-1-9(2-6-11)13-14(19-20-15(13)18)10-3-7-12(17)8-4-10/h1-8H,(H3,18,19,20). The number of rotatable bonds is 2. The number of benzene rings is 2. The second-order valence-corrected chi connectivity index (χ2v) is 4.37. The highest BCUT2D eigenvalue weighted by Gasteiger charge is 2.14. The molecule has 0 atom stereocenters. The third-order valence-electron chi connectivity index (χ3n) is 3.06. The van der Waals surface area contributed by atoms with Crippen molar-refractivity contribution >= 4 is 5.82 Å². The lowest BCUT2D eigenvalue weighted by Gasteiger charge is -2.05. The third-order valence-corrected chi connectivity index (χ3v) is 3.06. The predicted molar refractivity (Wildman–Crippen MR) is 73.8 cm³/mol. The van der Waals surface area contributed by atoms with E-state index >= 15 is 0 Å². The molecule has 20 heavy (non-hydrogen) atoms. The van der Waals surface area contributed by atoms with E-state index in [0.717, 1.165) is 11.1 Å². The van der Waals surface area contributed by atoms with Crippen molar-refractivity contribution in [3.8, 4) is 22.4 Å². The van der Waals surface area contributed by atoms with Crippen LogP contribution < -0.4 is 5.73 Å². The number of hydrogen-bond acceptors (Lipinski definition) is 2. The zero-order valence-electron chi connectivity index (χ0n) is 10.4. The van der Waals surface area contributed by atoms with E-state index in [4.69, 9.17) is 5.73 Å². The highest BCUT2D eigenvalue weighted by molar-refractivity contribution is 5.87. The van der Waals surface area contributed by atoms with Crippen LogP contribution in [-0.4, -0.2) is 10.2 Å². The monoisotopic (exact) mass is 271 g/mol. The van der Waals surface area contributed by atoms with E-state index in [1.54, 1.807) is 24.3 Å². The zero-order valence-corrected chi connectivity index (χ0v) is 10.4. The summed E-state index contributed by atoms with van der Waals surface area (Å²) in [4.78, 5) is 0. The van der Waals surface area contributed by atoms with Gasteiger partial charge in [-0.3, -0.25) is 5.10 Å². The Bertz CT molecular complexity index is 731. The number of aromatic nitrogens is 2. The fourth-order valence-corrected chi connectivity index (χ4v) is 2.09. The SMILES string of the molecule is Nc1n[nH]c(-c2ccc(F)cc2)c1-c1ccc(F)cc1. The van der Waals surface area contributed by atoms with Crippen LogP contribution in [-0.2, 0) is 0 Å². The Labute approximate surface area is 114 Å². The van der Waals surface area contributed by atoms with E-state index in [1.165, 1.54) is 24.3 Å². The molecule has 0 fully saturated rings. The first-order valence-corrected chi connectivity index (χ1v) is 6.01. The molecule has 0 saturated heterocycles. The Kier molecular flexibility index (Phi) is 2.95. The lowest BCUT2D eigenvalue weighted by molar-refractivity contribution is 0.627. The summed E-state index contributed by atoms with van der Waals surface area (Å²) in [6.07, 6.45) is 0. The summed E-state index contributed by atoms with van der Waals surface area (Å²) in [5.74, 6) is -0.320. The van der Waals surface area contributed by atoms with Gasteiger partial charge in [0.25, 0.3) is 0 Å². The minimum absolute atomic E-state index is 0.315. The van der Waals surface area contributed by atoms with Crippen molar-refractivity contribution in [1.29, 1.82) is 0 Å². The summed E-state index contributed by atoms with van der Waals surface area (Å²) in [5.41, 5.74) is 8.73. The Hall–Kier alpha value is -2.69. The molecule has 0 unspecified atom stereocenters. The van der Waals surface area contributed by atoms with Crippen molar-refractivity contribution in [3.63, 3.8) is 0 Å². The first-order chi connectivity index (χ1) is 9.65.